The fourth-order valence-corrected chi connectivity index (χ4v) is 2.43. The monoisotopic (exact) mass is 334 g/mol. The maximum atomic E-state index is 13.1. The Balaban J connectivity index is 1.43. The molecule has 2 heterocycles. The molecule has 1 aromatic heterocycles. The van der Waals surface area contributed by atoms with Crippen molar-refractivity contribution in [1.82, 2.24) is 20.3 Å². The molecule has 1 aromatic carbocycles. The molecular weight excluding hydrogens is 315 g/mol. The summed E-state index contributed by atoms with van der Waals surface area (Å²) < 4.78 is 25.4. The Morgan fingerprint density at radius 3 is 3.21 bits per heavy atom. The summed E-state index contributed by atoms with van der Waals surface area (Å²) in [4.78, 5) is 11.9. The Labute approximate surface area is 138 Å². The first kappa shape index (κ1) is 16.4. The third-order valence-electron chi connectivity index (χ3n) is 3.63. The summed E-state index contributed by atoms with van der Waals surface area (Å²) in [5.74, 6) is -0.0917. The van der Waals surface area contributed by atoms with E-state index in [0.29, 0.717) is 18.0 Å². The van der Waals surface area contributed by atoms with Crippen LogP contribution in [0.5, 0.6) is 5.75 Å². The number of nitrogens with one attached hydrogen (secondary N) is 1. The van der Waals surface area contributed by atoms with Crippen molar-refractivity contribution in [2.24, 2.45) is 0 Å². The van der Waals surface area contributed by atoms with Gasteiger partial charge in [-0.1, -0.05) is 11.3 Å². The Hall–Kier alpha value is -2.48. The van der Waals surface area contributed by atoms with Crippen molar-refractivity contribution < 1.29 is 18.7 Å². The first-order valence-electron chi connectivity index (χ1n) is 7.85. The number of carbonyl (C=O) groups excluding carboxylic acids is 1. The maximum absolute atomic E-state index is 13.1. The van der Waals surface area contributed by atoms with Crippen molar-refractivity contribution in [3.63, 3.8) is 0 Å². The summed E-state index contributed by atoms with van der Waals surface area (Å²) in [7, 11) is 0. The second-order valence-corrected chi connectivity index (χ2v) is 5.59. The standard InChI is InChI=1S/C16H19FN4O3/c17-12-3-1-4-14(7-12)24-11-13-9-21(20-19-13)10-16(22)18-8-15-5-2-6-23-15/h1,3-4,7,9,15H,2,5-6,8,10-11H2,(H,18,22)/t15-/m0/s1. The van der Waals surface area contributed by atoms with Gasteiger partial charge >= 0.3 is 0 Å². The highest BCUT2D eigenvalue weighted by Crippen LogP contribution is 2.13. The summed E-state index contributed by atoms with van der Waals surface area (Å²) in [5, 5.41) is 10.6. The van der Waals surface area contributed by atoms with Gasteiger partial charge in [0.15, 0.2) is 0 Å². The molecule has 8 heteroatoms. The molecule has 0 bridgehead atoms. The van der Waals surface area contributed by atoms with Gasteiger partial charge in [0.1, 0.15) is 30.4 Å². The minimum atomic E-state index is -0.362. The number of rotatable bonds is 7. The predicted octanol–water partition coefficient (Wildman–Crippen LogP) is 1.29. The zero-order valence-corrected chi connectivity index (χ0v) is 13.2. The van der Waals surface area contributed by atoms with Crippen LogP contribution in [0.4, 0.5) is 4.39 Å². The molecular formula is C16H19FN4O3. The van der Waals surface area contributed by atoms with Gasteiger partial charge in [-0.15, -0.1) is 5.10 Å². The van der Waals surface area contributed by atoms with Crippen LogP contribution in [-0.2, 0) is 22.7 Å². The van der Waals surface area contributed by atoms with Crippen LogP contribution in [0.1, 0.15) is 18.5 Å². The quantitative estimate of drug-likeness (QED) is 0.825. The SMILES string of the molecule is O=C(Cn1cc(COc2cccc(F)c2)nn1)NC[C@@H]1CCCO1. The van der Waals surface area contributed by atoms with Crippen molar-refractivity contribution in [2.45, 2.75) is 32.1 Å². The molecule has 2 aromatic rings. The summed E-state index contributed by atoms with van der Waals surface area (Å²) in [5.41, 5.74) is 0.561. The lowest BCUT2D eigenvalue weighted by Gasteiger charge is -2.10. The second kappa shape index (κ2) is 7.87. The topological polar surface area (TPSA) is 78.3 Å². The van der Waals surface area contributed by atoms with Gasteiger partial charge in [-0.25, -0.2) is 9.07 Å². The molecule has 24 heavy (non-hydrogen) atoms. The summed E-state index contributed by atoms with van der Waals surface area (Å²) >= 11 is 0. The number of hydrogen-bond donors (Lipinski definition) is 1. The predicted molar refractivity (Wildman–Crippen MR) is 82.7 cm³/mol. The molecule has 1 N–H and O–H groups in total. The normalized spacial score (nSPS) is 17.0. The van der Waals surface area contributed by atoms with Crippen molar-refractivity contribution >= 4 is 5.91 Å². The van der Waals surface area contributed by atoms with Crippen molar-refractivity contribution in [2.75, 3.05) is 13.2 Å². The highest BCUT2D eigenvalue weighted by Gasteiger charge is 2.16. The number of benzene rings is 1. The zero-order chi connectivity index (χ0) is 16.8. The van der Waals surface area contributed by atoms with E-state index in [-0.39, 0.29) is 31.0 Å². The number of amides is 1. The molecule has 1 aliphatic heterocycles. The molecule has 128 valence electrons. The molecule has 7 nitrogen and oxygen atoms in total. The molecule has 0 radical (unpaired) electrons. The van der Waals surface area contributed by atoms with Crippen molar-refractivity contribution in [1.29, 1.82) is 0 Å². The highest BCUT2D eigenvalue weighted by molar-refractivity contribution is 5.75. The second-order valence-electron chi connectivity index (χ2n) is 5.59. The first-order chi connectivity index (χ1) is 11.7. The number of carbonyl (C=O) groups is 1. The van der Waals surface area contributed by atoms with E-state index in [2.05, 4.69) is 15.6 Å². The minimum absolute atomic E-state index is 0.0830. The summed E-state index contributed by atoms with van der Waals surface area (Å²) in [6, 6.07) is 5.87. The van der Waals surface area contributed by atoms with Gasteiger partial charge in [0.2, 0.25) is 5.91 Å². The Morgan fingerprint density at radius 2 is 2.42 bits per heavy atom. The number of nitrogens with zero attached hydrogens (tertiary/aromatic N) is 3. The number of halogens is 1. The van der Waals surface area contributed by atoms with E-state index >= 15 is 0 Å². The van der Waals surface area contributed by atoms with Crippen LogP contribution in [0.15, 0.2) is 30.5 Å². The molecule has 1 atom stereocenters. The highest BCUT2D eigenvalue weighted by atomic mass is 19.1. The lowest BCUT2D eigenvalue weighted by Crippen LogP contribution is -2.34. The average Bonchev–Trinajstić information content (AvgIpc) is 3.23. The Bertz CT molecular complexity index is 685. The lowest BCUT2D eigenvalue weighted by molar-refractivity contribution is -0.122. The van der Waals surface area contributed by atoms with Gasteiger partial charge in [-0.2, -0.15) is 0 Å². The maximum Gasteiger partial charge on any atom is 0.241 e. The Kier molecular flexibility index (Phi) is 5.37. The molecule has 0 saturated carbocycles. The van der Waals surface area contributed by atoms with Crippen molar-refractivity contribution in [3.05, 3.63) is 42.0 Å². The smallest absolute Gasteiger partial charge is 0.241 e. The molecule has 0 unspecified atom stereocenters. The third-order valence-corrected chi connectivity index (χ3v) is 3.63. The Morgan fingerprint density at radius 1 is 1.50 bits per heavy atom. The van der Waals surface area contributed by atoms with E-state index in [1.54, 1.807) is 18.3 Å². The molecule has 1 amide bonds. The molecule has 1 aliphatic rings. The van der Waals surface area contributed by atoms with Crippen LogP contribution in [0.3, 0.4) is 0 Å². The zero-order valence-electron chi connectivity index (χ0n) is 13.2. The van der Waals surface area contributed by atoms with Crippen LogP contribution in [-0.4, -0.2) is 40.2 Å². The van der Waals surface area contributed by atoms with E-state index in [1.165, 1.54) is 16.8 Å². The van der Waals surface area contributed by atoms with Gasteiger partial charge in [-0.3, -0.25) is 4.79 Å². The van der Waals surface area contributed by atoms with Gasteiger partial charge in [0.05, 0.1) is 12.3 Å². The van der Waals surface area contributed by atoms with Crippen LogP contribution in [0.2, 0.25) is 0 Å². The summed E-state index contributed by atoms with van der Waals surface area (Å²) in [6.45, 7) is 1.52. The van der Waals surface area contributed by atoms with Crippen LogP contribution < -0.4 is 10.1 Å². The molecule has 1 saturated heterocycles. The number of ether oxygens (including phenoxy) is 2. The molecule has 0 aliphatic carbocycles. The average molecular weight is 334 g/mol. The molecule has 1 fully saturated rings. The van der Waals surface area contributed by atoms with Gasteiger partial charge in [0, 0.05) is 19.2 Å². The van der Waals surface area contributed by atoms with Crippen LogP contribution >= 0.6 is 0 Å². The van der Waals surface area contributed by atoms with E-state index in [9.17, 15) is 9.18 Å². The molecule has 3 rings (SSSR count). The third kappa shape index (κ3) is 4.76. The first-order valence-corrected chi connectivity index (χ1v) is 7.85. The van der Waals surface area contributed by atoms with E-state index in [4.69, 9.17) is 9.47 Å². The van der Waals surface area contributed by atoms with Gasteiger partial charge in [-0.05, 0) is 25.0 Å². The minimum Gasteiger partial charge on any atom is -0.487 e. The van der Waals surface area contributed by atoms with Crippen LogP contribution in [0, 0.1) is 5.82 Å². The largest absolute Gasteiger partial charge is 0.487 e. The van der Waals surface area contributed by atoms with Gasteiger partial charge in [0.25, 0.3) is 0 Å². The number of aromatic nitrogens is 3. The van der Waals surface area contributed by atoms with Crippen LogP contribution in [0.25, 0.3) is 0 Å². The van der Waals surface area contributed by atoms with E-state index in [0.717, 1.165) is 19.4 Å². The summed E-state index contributed by atoms with van der Waals surface area (Å²) in [6.07, 6.45) is 3.76. The van der Waals surface area contributed by atoms with E-state index in [1.807, 2.05) is 0 Å². The van der Waals surface area contributed by atoms with Gasteiger partial charge < -0.3 is 14.8 Å². The van der Waals surface area contributed by atoms with E-state index < -0.39 is 0 Å². The lowest BCUT2D eigenvalue weighted by atomic mass is 10.2. The fraction of sp³-hybridized carbons (Fsp3) is 0.438. The fourth-order valence-electron chi connectivity index (χ4n) is 2.43. The van der Waals surface area contributed by atoms with Crippen molar-refractivity contribution in [3.8, 4) is 5.75 Å². The number of hydrogen-bond acceptors (Lipinski definition) is 5. The molecule has 0 spiro atoms.